The van der Waals surface area contributed by atoms with Gasteiger partial charge < -0.3 is 4.74 Å². The van der Waals surface area contributed by atoms with E-state index in [1.165, 1.54) is 31.7 Å². The molecule has 0 aliphatic rings. The molecule has 0 aromatic heterocycles. The summed E-state index contributed by atoms with van der Waals surface area (Å²) in [6, 6.07) is 7.59. The molecule has 1 aromatic rings. The third kappa shape index (κ3) is 4.80. The molecule has 20 heavy (non-hydrogen) atoms. The van der Waals surface area contributed by atoms with Crippen LogP contribution in [-0.4, -0.2) is 17.4 Å². The van der Waals surface area contributed by atoms with Crippen molar-refractivity contribution in [2.45, 2.75) is 59.0 Å². The predicted molar refractivity (Wildman–Crippen MR) is 79.8 cm³/mol. The van der Waals surface area contributed by atoms with Gasteiger partial charge in [-0.05, 0) is 32.3 Å². The van der Waals surface area contributed by atoms with Crippen LogP contribution in [0.4, 0.5) is 0 Å². The van der Waals surface area contributed by atoms with Crippen molar-refractivity contribution in [2.75, 3.05) is 0 Å². The van der Waals surface area contributed by atoms with E-state index in [1.807, 2.05) is 24.3 Å². The zero-order chi connectivity index (χ0) is 15.2. The molecule has 3 nitrogen and oxygen atoms in total. The molecule has 0 heterocycles. The van der Waals surface area contributed by atoms with Gasteiger partial charge in [0, 0.05) is 12.5 Å². The van der Waals surface area contributed by atoms with E-state index in [1.54, 1.807) is 13.8 Å². The van der Waals surface area contributed by atoms with Crippen LogP contribution >= 0.6 is 0 Å². The third-order valence-electron chi connectivity index (χ3n) is 3.23. The van der Waals surface area contributed by atoms with Gasteiger partial charge in [0.05, 0.1) is 0 Å². The van der Waals surface area contributed by atoms with Crippen molar-refractivity contribution in [3.05, 3.63) is 35.4 Å². The lowest BCUT2D eigenvalue weighted by Crippen LogP contribution is -2.36. The molecule has 0 aliphatic carbocycles. The first-order valence-corrected chi connectivity index (χ1v) is 7.20. The molecular formula is C17H24O3. The van der Waals surface area contributed by atoms with Gasteiger partial charge in [-0.25, -0.2) is 0 Å². The lowest BCUT2D eigenvalue weighted by atomic mass is 9.95. The highest BCUT2D eigenvalue weighted by Gasteiger charge is 2.31. The molecule has 0 amide bonds. The standard InChI is InChI=1S/C17H24O3/c1-5-6-7-8-14-9-11-15(12-10-14)16(19)17(3,4)20-13(2)18/h9-12H,5-8H2,1-4H3. The maximum Gasteiger partial charge on any atom is 0.303 e. The van der Waals surface area contributed by atoms with E-state index in [-0.39, 0.29) is 5.78 Å². The summed E-state index contributed by atoms with van der Waals surface area (Å²) < 4.78 is 5.08. The first-order chi connectivity index (χ1) is 9.36. The Labute approximate surface area is 121 Å². The van der Waals surface area contributed by atoms with Crippen LogP contribution in [0, 0.1) is 0 Å². The fourth-order valence-corrected chi connectivity index (χ4v) is 2.16. The first kappa shape index (κ1) is 16.4. The number of unbranched alkanes of at least 4 members (excludes halogenated alkanes) is 2. The molecule has 0 aliphatic heterocycles. The first-order valence-electron chi connectivity index (χ1n) is 7.20. The van der Waals surface area contributed by atoms with Gasteiger partial charge in [0.1, 0.15) is 0 Å². The van der Waals surface area contributed by atoms with Crippen LogP contribution in [0.5, 0.6) is 0 Å². The second kappa shape index (κ2) is 7.22. The summed E-state index contributed by atoms with van der Waals surface area (Å²) in [6.07, 6.45) is 4.63. The lowest BCUT2D eigenvalue weighted by Gasteiger charge is -2.22. The minimum atomic E-state index is -1.12. The molecule has 0 radical (unpaired) electrons. The lowest BCUT2D eigenvalue weighted by molar-refractivity contribution is -0.149. The monoisotopic (exact) mass is 276 g/mol. The van der Waals surface area contributed by atoms with E-state index < -0.39 is 11.6 Å². The number of Topliss-reactive ketones (excluding diaryl/α,β-unsaturated/α-hetero) is 1. The Balaban J connectivity index is 2.72. The van der Waals surface area contributed by atoms with Crippen molar-refractivity contribution < 1.29 is 14.3 Å². The Morgan fingerprint density at radius 3 is 2.20 bits per heavy atom. The molecule has 110 valence electrons. The van der Waals surface area contributed by atoms with E-state index in [2.05, 4.69) is 6.92 Å². The second-order valence-corrected chi connectivity index (χ2v) is 5.59. The Morgan fingerprint density at radius 2 is 1.70 bits per heavy atom. The molecule has 0 saturated carbocycles. The maximum absolute atomic E-state index is 12.3. The quantitative estimate of drug-likeness (QED) is 0.430. The maximum atomic E-state index is 12.3. The van der Waals surface area contributed by atoms with Gasteiger partial charge in [-0.2, -0.15) is 0 Å². The van der Waals surface area contributed by atoms with Gasteiger partial charge in [0.25, 0.3) is 0 Å². The number of esters is 1. The van der Waals surface area contributed by atoms with Crippen LogP contribution in [0.1, 0.15) is 62.9 Å². The number of benzene rings is 1. The van der Waals surface area contributed by atoms with Crippen LogP contribution in [0.25, 0.3) is 0 Å². The molecule has 3 heteroatoms. The molecule has 0 bridgehead atoms. The van der Waals surface area contributed by atoms with Crippen molar-refractivity contribution >= 4 is 11.8 Å². The van der Waals surface area contributed by atoms with E-state index in [4.69, 9.17) is 4.74 Å². The molecule has 1 rings (SSSR count). The van der Waals surface area contributed by atoms with Gasteiger partial charge in [0.2, 0.25) is 5.78 Å². The van der Waals surface area contributed by atoms with Crippen molar-refractivity contribution in [3.63, 3.8) is 0 Å². The van der Waals surface area contributed by atoms with Crippen molar-refractivity contribution in [1.29, 1.82) is 0 Å². The van der Waals surface area contributed by atoms with E-state index >= 15 is 0 Å². The second-order valence-electron chi connectivity index (χ2n) is 5.59. The van der Waals surface area contributed by atoms with Crippen molar-refractivity contribution in [3.8, 4) is 0 Å². The summed E-state index contributed by atoms with van der Waals surface area (Å²) in [6.45, 7) is 6.72. The number of hydrogen-bond acceptors (Lipinski definition) is 3. The average molecular weight is 276 g/mol. The van der Waals surface area contributed by atoms with Crippen LogP contribution in [0.3, 0.4) is 0 Å². The normalized spacial score (nSPS) is 11.2. The number of carbonyl (C=O) groups is 2. The minimum Gasteiger partial charge on any atom is -0.451 e. The van der Waals surface area contributed by atoms with Crippen LogP contribution in [0.15, 0.2) is 24.3 Å². The molecule has 0 unspecified atom stereocenters. The fourth-order valence-electron chi connectivity index (χ4n) is 2.16. The van der Waals surface area contributed by atoms with Gasteiger partial charge in [-0.3, -0.25) is 9.59 Å². The number of ketones is 1. The van der Waals surface area contributed by atoms with Gasteiger partial charge in [0.15, 0.2) is 5.60 Å². The topological polar surface area (TPSA) is 43.4 Å². The zero-order valence-electron chi connectivity index (χ0n) is 12.9. The molecule has 0 fully saturated rings. The Bertz CT molecular complexity index is 458. The van der Waals surface area contributed by atoms with Gasteiger partial charge >= 0.3 is 5.97 Å². The number of carbonyl (C=O) groups excluding carboxylic acids is 2. The van der Waals surface area contributed by atoms with Crippen molar-refractivity contribution in [1.82, 2.24) is 0 Å². The Kier molecular flexibility index (Phi) is 5.93. The summed E-state index contributed by atoms with van der Waals surface area (Å²) in [5, 5.41) is 0. The molecule has 1 aromatic carbocycles. The molecule has 0 N–H and O–H groups in total. The minimum absolute atomic E-state index is 0.173. The highest BCUT2D eigenvalue weighted by Crippen LogP contribution is 2.18. The fraction of sp³-hybridized carbons (Fsp3) is 0.529. The number of aryl methyl sites for hydroxylation is 1. The number of hydrogen-bond donors (Lipinski definition) is 0. The summed E-state index contributed by atoms with van der Waals surface area (Å²) in [7, 11) is 0. The molecular weight excluding hydrogens is 252 g/mol. The Morgan fingerprint density at radius 1 is 1.10 bits per heavy atom. The van der Waals surface area contributed by atoms with Gasteiger partial charge in [-0.15, -0.1) is 0 Å². The Hall–Kier alpha value is -1.64. The third-order valence-corrected chi connectivity index (χ3v) is 3.23. The number of ether oxygens (including phenoxy) is 1. The summed E-state index contributed by atoms with van der Waals surface area (Å²) >= 11 is 0. The number of rotatable bonds is 7. The van der Waals surface area contributed by atoms with E-state index in [0.717, 1.165) is 6.42 Å². The van der Waals surface area contributed by atoms with Crippen LogP contribution in [0.2, 0.25) is 0 Å². The van der Waals surface area contributed by atoms with Crippen LogP contribution < -0.4 is 0 Å². The SMILES string of the molecule is CCCCCc1ccc(C(=O)C(C)(C)OC(C)=O)cc1. The summed E-state index contributed by atoms with van der Waals surface area (Å²) in [5.74, 6) is -0.618. The van der Waals surface area contributed by atoms with E-state index in [0.29, 0.717) is 5.56 Å². The highest BCUT2D eigenvalue weighted by atomic mass is 16.6. The summed E-state index contributed by atoms with van der Waals surface area (Å²) in [4.78, 5) is 23.3. The van der Waals surface area contributed by atoms with E-state index in [9.17, 15) is 9.59 Å². The summed E-state index contributed by atoms with van der Waals surface area (Å²) in [5.41, 5.74) is 0.700. The average Bonchev–Trinajstić information content (AvgIpc) is 2.37. The van der Waals surface area contributed by atoms with Gasteiger partial charge in [-0.1, -0.05) is 44.0 Å². The zero-order valence-corrected chi connectivity index (χ0v) is 12.9. The molecule has 0 saturated heterocycles. The molecule has 0 spiro atoms. The highest BCUT2D eigenvalue weighted by molar-refractivity contribution is 6.02. The largest absolute Gasteiger partial charge is 0.451 e. The molecule has 0 atom stereocenters. The predicted octanol–water partition coefficient (Wildman–Crippen LogP) is 3.94. The smallest absolute Gasteiger partial charge is 0.303 e. The van der Waals surface area contributed by atoms with Crippen molar-refractivity contribution in [2.24, 2.45) is 0 Å². The van der Waals surface area contributed by atoms with Crippen LogP contribution in [-0.2, 0) is 16.0 Å².